The predicted octanol–water partition coefficient (Wildman–Crippen LogP) is -8.33. The van der Waals surface area contributed by atoms with E-state index in [1.54, 1.807) is 0 Å². The zero-order valence-corrected chi connectivity index (χ0v) is 13.4. The molecule has 0 saturated heterocycles. The van der Waals surface area contributed by atoms with Crippen molar-refractivity contribution in [2.75, 3.05) is 0 Å². The maximum Gasteiger partial charge on any atom is 2.00 e. The summed E-state index contributed by atoms with van der Waals surface area (Å²) >= 11 is 0. The van der Waals surface area contributed by atoms with Crippen molar-refractivity contribution < 1.29 is 47.1 Å². The van der Waals surface area contributed by atoms with Crippen molar-refractivity contribution in [3.8, 4) is 0 Å². The molecular weight excluding hydrogens is 295 g/mol. The van der Waals surface area contributed by atoms with Crippen LogP contribution < -0.4 is 28.8 Å². The first kappa shape index (κ1) is 30.4. The second-order valence-electron chi connectivity index (χ2n) is 1.15. The quantitative estimate of drug-likeness (QED) is 0.454. The van der Waals surface area contributed by atoms with E-state index in [0.29, 0.717) is 0 Å². The molecule has 0 aromatic carbocycles. The molecule has 0 N–H and O–H groups in total. The third-order valence-electron chi connectivity index (χ3n) is 0.189. The molecule has 0 atom stereocenters. The van der Waals surface area contributed by atoms with E-state index in [1.165, 1.54) is 0 Å². The molecule has 0 amide bonds. The fourth-order valence-corrected chi connectivity index (χ4v) is 0. The first-order chi connectivity index (χ1) is 5.12. The monoisotopic (exact) mass is 294 g/mol. The molecule has 15 heteroatoms. The van der Waals surface area contributed by atoms with Gasteiger partial charge in [0.1, 0.15) is 0 Å². The van der Waals surface area contributed by atoms with Crippen LogP contribution in [0.1, 0.15) is 0 Å². The van der Waals surface area contributed by atoms with Crippen molar-refractivity contribution in [3.63, 3.8) is 0 Å². The molecular formula is F2Mg3O8Si2. The van der Waals surface area contributed by atoms with Crippen LogP contribution in [-0.4, -0.2) is 87.3 Å². The molecule has 0 fully saturated rings. The van der Waals surface area contributed by atoms with Gasteiger partial charge < -0.3 is 38.0 Å². The van der Waals surface area contributed by atoms with Gasteiger partial charge in [-0.15, -0.1) is 0 Å². The standard InChI is InChI=1S/2FO4Si.3Mg/c2*1-5-6(2,3)4;;;/q2*-3;3*+2. The largest absolute Gasteiger partial charge is 2.00 e. The average Bonchev–Trinajstić information content (AvgIpc) is 1.86. The number of halogens is 2. The summed E-state index contributed by atoms with van der Waals surface area (Å²) in [5.74, 6) is 0. The van der Waals surface area contributed by atoms with Gasteiger partial charge in [-0.25, -0.2) is 0 Å². The van der Waals surface area contributed by atoms with E-state index in [4.69, 9.17) is 28.8 Å². The van der Waals surface area contributed by atoms with E-state index in [0.717, 1.165) is 0 Å². The van der Waals surface area contributed by atoms with Gasteiger partial charge >= 0.3 is 69.2 Å². The van der Waals surface area contributed by atoms with Crippen molar-refractivity contribution in [3.05, 3.63) is 0 Å². The smallest absolute Gasteiger partial charge is 0.858 e. The van der Waals surface area contributed by atoms with Gasteiger partial charge in [-0.1, -0.05) is 27.1 Å². The van der Waals surface area contributed by atoms with Gasteiger partial charge in [-0.2, -0.15) is 0 Å². The van der Waals surface area contributed by atoms with Crippen LogP contribution in [0, 0.1) is 0 Å². The molecule has 8 nitrogen and oxygen atoms in total. The molecule has 76 valence electrons. The Bertz CT molecular complexity index is 99.4. The predicted molar refractivity (Wildman–Crippen MR) is 33.2 cm³/mol. The molecule has 0 aliphatic rings. The minimum Gasteiger partial charge on any atom is -0.858 e. The molecule has 0 aliphatic heterocycles. The molecule has 0 spiro atoms. The Balaban J connectivity index is -0.0000000370. The summed E-state index contributed by atoms with van der Waals surface area (Å²) in [6.07, 6.45) is 0. The fourth-order valence-electron chi connectivity index (χ4n) is 0. The number of rotatable bonds is 2. The van der Waals surface area contributed by atoms with Gasteiger partial charge in [0, 0.05) is 0 Å². The second-order valence-corrected chi connectivity index (χ2v) is 3.46. The topological polar surface area (TPSA) is 157 Å². The molecule has 0 bridgehead atoms. The molecule has 15 heavy (non-hydrogen) atoms. The van der Waals surface area contributed by atoms with Crippen LogP contribution in [0.15, 0.2) is 0 Å². The first-order valence-corrected chi connectivity index (χ1v) is 5.21. The summed E-state index contributed by atoms with van der Waals surface area (Å²) in [5, 5.41) is 0. The van der Waals surface area contributed by atoms with Gasteiger partial charge in [-0.05, 0) is 0 Å². The maximum absolute atomic E-state index is 10.1. The molecule has 0 radical (unpaired) electrons. The summed E-state index contributed by atoms with van der Waals surface area (Å²) < 4.78 is 24.1. The van der Waals surface area contributed by atoms with E-state index >= 15 is 0 Å². The van der Waals surface area contributed by atoms with Gasteiger partial charge in [0.25, 0.3) is 0 Å². The SMILES string of the molecule is [Mg+2].[Mg+2].[Mg+2].[O-][Si]([O-])([O-])OF.[O-][Si]([O-])([O-])OF. The minimum atomic E-state index is -5.55. The van der Waals surface area contributed by atoms with Crippen molar-refractivity contribution in [1.82, 2.24) is 0 Å². The molecule has 0 aromatic heterocycles. The van der Waals surface area contributed by atoms with Gasteiger partial charge in [0.05, 0.1) is 0 Å². The fraction of sp³-hybridized carbons (Fsp3) is 0. The molecule has 0 heterocycles. The summed E-state index contributed by atoms with van der Waals surface area (Å²) in [5.41, 5.74) is 0. The Hall–Kier alpha value is 2.27. The Labute approximate surface area is 133 Å². The van der Waals surface area contributed by atoms with Crippen LogP contribution in [0.25, 0.3) is 0 Å². The van der Waals surface area contributed by atoms with Crippen LogP contribution in [0.3, 0.4) is 0 Å². The Kier molecular flexibility index (Phi) is 29.0. The summed E-state index contributed by atoms with van der Waals surface area (Å²) in [7, 11) is -11.1. The Morgan fingerprint density at radius 1 is 0.600 bits per heavy atom. The van der Waals surface area contributed by atoms with Crippen molar-refractivity contribution in [2.45, 2.75) is 0 Å². The number of hydrogen-bond acceptors (Lipinski definition) is 8. The van der Waals surface area contributed by atoms with Gasteiger partial charge in [-0.3, -0.25) is 0 Å². The van der Waals surface area contributed by atoms with E-state index < -0.39 is 18.1 Å². The van der Waals surface area contributed by atoms with Gasteiger partial charge in [0.15, 0.2) is 0 Å². The third kappa shape index (κ3) is 48.4. The second kappa shape index (κ2) is 14.3. The minimum absolute atomic E-state index is 0. The molecule has 0 saturated carbocycles. The zero-order chi connectivity index (χ0) is 10.4. The molecule has 0 unspecified atom stereocenters. The van der Waals surface area contributed by atoms with E-state index in [-0.39, 0.29) is 69.2 Å². The maximum atomic E-state index is 10.1. The first-order valence-electron chi connectivity index (χ1n) is 1.94. The van der Waals surface area contributed by atoms with E-state index in [9.17, 15) is 9.05 Å². The van der Waals surface area contributed by atoms with Crippen LogP contribution in [0.2, 0.25) is 0 Å². The van der Waals surface area contributed by atoms with Crippen LogP contribution >= 0.6 is 0 Å². The van der Waals surface area contributed by atoms with Crippen LogP contribution in [-0.2, 0) is 9.26 Å². The Morgan fingerprint density at radius 3 is 0.667 bits per heavy atom. The van der Waals surface area contributed by atoms with Gasteiger partial charge in [0.2, 0.25) is 0 Å². The molecule has 0 rings (SSSR count). The number of hydrogen-bond donors (Lipinski definition) is 0. The van der Waals surface area contributed by atoms with Crippen molar-refractivity contribution >= 4 is 87.3 Å². The van der Waals surface area contributed by atoms with E-state index in [1.807, 2.05) is 9.26 Å². The van der Waals surface area contributed by atoms with Crippen LogP contribution in [0.4, 0.5) is 9.05 Å². The normalized spacial score (nSPS) is 9.60. The summed E-state index contributed by atoms with van der Waals surface area (Å²) in [4.78, 5) is 53.4. The summed E-state index contributed by atoms with van der Waals surface area (Å²) in [6, 6.07) is 0. The third-order valence-corrected chi connectivity index (χ3v) is 0.567. The Morgan fingerprint density at radius 2 is 0.667 bits per heavy atom. The molecule has 0 aromatic rings. The van der Waals surface area contributed by atoms with Crippen LogP contribution in [0.5, 0.6) is 0 Å². The van der Waals surface area contributed by atoms with Crippen molar-refractivity contribution in [1.29, 1.82) is 0 Å². The summed E-state index contributed by atoms with van der Waals surface area (Å²) in [6.45, 7) is 0. The molecule has 0 aliphatic carbocycles. The zero-order valence-electron chi connectivity index (χ0n) is 7.14. The van der Waals surface area contributed by atoms with E-state index in [2.05, 4.69) is 0 Å². The van der Waals surface area contributed by atoms with Crippen molar-refractivity contribution in [2.24, 2.45) is 0 Å². The average molecular weight is 295 g/mol.